The number of rotatable bonds is 5. The molecule has 0 aliphatic carbocycles. The zero-order chi connectivity index (χ0) is 8.04. The monoisotopic (exact) mass is 223 g/mol. The SMILES string of the molecule is CCS[As+](CC)(CC)CC. The Hall–Kier alpha value is 0.908. The second-order valence-corrected chi connectivity index (χ2v) is 17.3. The van der Waals surface area contributed by atoms with Crippen molar-refractivity contribution < 1.29 is 0 Å². The first-order valence-corrected chi connectivity index (χ1v) is 11.5. The summed E-state index contributed by atoms with van der Waals surface area (Å²) >= 11 is -1.13. The molecule has 0 N–H and O–H groups in total. The van der Waals surface area contributed by atoms with Gasteiger partial charge < -0.3 is 0 Å². The van der Waals surface area contributed by atoms with Crippen LogP contribution in [-0.4, -0.2) is 18.1 Å². The Kier molecular flexibility index (Phi) is 6.05. The first-order valence-electron chi connectivity index (χ1n) is 4.25. The molecule has 0 fully saturated rings. The Morgan fingerprint density at radius 1 is 0.900 bits per heavy atom. The zero-order valence-corrected chi connectivity index (χ0v) is 10.4. The van der Waals surface area contributed by atoms with E-state index in [1.165, 1.54) is 21.4 Å². The van der Waals surface area contributed by atoms with Crippen molar-refractivity contribution in [2.24, 2.45) is 0 Å². The third-order valence-corrected chi connectivity index (χ3v) is 19.3. The molecule has 0 aliphatic heterocycles. The van der Waals surface area contributed by atoms with Crippen LogP contribution in [0.15, 0.2) is 0 Å². The maximum atomic E-state index is 2.38. The van der Waals surface area contributed by atoms with E-state index in [2.05, 4.69) is 37.7 Å². The van der Waals surface area contributed by atoms with Crippen molar-refractivity contribution in [3.63, 3.8) is 0 Å². The standard InChI is InChI=1S/C8H20AsS/c1-5-9(6-2,7-3)10-8-4/h5-8H2,1-4H3/q+1. The molecular weight excluding hydrogens is 203 g/mol. The average molecular weight is 223 g/mol. The van der Waals surface area contributed by atoms with Crippen molar-refractivity contribution in [3.05, 3.63) is 0 Å². The molecule has 0 saturated carbocycles. The number of hydrogen-bond acceptors (Lipinski definition) is 1. The van der Waals surface area contributed by atoms with Crippen molar-refractivity contribution in [1.29, 1.82) is 0 Å². The van der Waals surface area contributed by atoms with Crippen LogP contribution < -0.4 is 0 Å². The third kappa shape index (κ3) is 2.88. The van der Waals surface area contributed by atoms with Gasteiger partial charge in [0.15, 0.2) is 0 Å². The fourth-order valence-electron chi connectivity index (χ4n) is 1.22. The molecule has 0 amide bonds. The van der Waals surface area contributed by atoms with Crippen molar-refractivity contribution in [2.45, 2.75) is 43.3 Å². The molecule has 0 saturated heterocycles. The van der Waals surface area contributed by atoms with Crippen molar-refractivity contribution in [1.82, 2.24) is 0 Å². The van der Waals surface area contributed by atoms with Crippen LogP contribution in [0.3, 0.4) is 0 Å². The molecule has 0 spiro atoms. The van der Waals surface area contributed by atoms with Gasteiger partial charge in [-0.2, -0.15) is 0 Å². The third-order valence-electron chi connectivity index (χ3n) is 2.13. The molecule has 0 nitrogen and oxygen atoms in total. The van der Waals surface area contributed by atoms with Gasteiger partial charge in [0.2, 0.25) is 0 Å². The number of hydrogen-bond donors (Lipinski definition) is 0. The van der Waals surface area contributed by atoms with Crippen LogP contribution in [-0.2, 0) is 0 Å². The van der Waals surface area contributed by atoms with Crippen molar-refractivity contribution in [3.8, 4) is 0 Å². The van der Waals surface area contributed by atoms with Gasteiger partial charge in [-0.1, -0.05) is 0 Å². The molecule has 0 rings (SSSR count). The van der Waals surface area contributed by atoms with E-state index in [-0.39, 0.29) is 0 Å². The van der Waals surface area contributed by atoms with Gasteiger partial charge in [-0.25, -0.2) is 0 Å². The summed E-state index contributed by atoms with van der Waals surface area (Å²) in [5.41, 5.74) is 0. The fourth-order valence-corrected chi connectivity index (χ4v) is 12.0. The molecule has 10 heavy (non-hydrogen) atoms. The predicted molar refractivity (Wildman–Crippen MR) is 55.3 cm³/mol. The first kappa shape index (κ1) is 10.9. The zero-order valence-electron chi connectivity index (χ0n) is 7.68. The molecule has 62 valence electrons. The van der Waals surface area contributed by atoms with Crippen molar-refractivity contribution in [2.75, 3.05) is 5.75 Å². The molecule has 2 heteroatoms. The summed E-state index contributed by atoms with van der Waals surface area (Å²) in [7, 11) is 2.30. The summed E-state index contributed by atoms with van der Waals surface area (Å²) in [5.74, 6) is 1.34. The second kappa shape index (κ2) is 5.54. The first-order chi connectivity index (χ1) is 4.74. The van der Waals surface area contributed by atoms with Gasteiger partial charge in [-0.3, -0.25) is 0 Å². The van der Waals surface area contributed by atoms with Crippen molar-refractivity contribution >= 4 is 22.4 Å². The molecule has 0 bridgehead atoms. The molecule has 0 heterocycles. The van der Waals surface area contributed by atoms with Crippen LogP contribution >= 0.6 is 10.0 Å². The Bertz CT molecular complexity index is 71.1. The minimum atomic E-state index is -1.13. The van der Waals surface area contributed by atoms with Crippen LogP contribution in [0.5, 0.6) is 0 Å². The molecule has 0 radical (unpaired) electrons. The minimum absolute atomic E-state index is 1.13. The van der Waals surface area contributed by atoms with E-state index in [0.717, 1.165) is 0 Å². The average Bonchev–Trinajstić information content (AvgIpc) is 2.01. The van der Waals surface area contributed by atoms with Gasteiger partial charge in [0.25, 0.3) is 0 Å². The Labute approximate surface area is 71.6 Å². The summed E-state index contributed by atoms with van der Waals surface area (Å²) in [4.78, 5) is 0. The normalized spacial score (nSPS) is 12.0. The van der Waals surface area contributed by atoms with E-state index < -0.39 is 12.4 Å². The van der Waals surface area contributed by atoms with Crippen LogP contribution in [0.25, 0.3) is 0 Å². The summed E-state index contributed by atoms with van der Waals surface area (Å²) in [6.07, 6.45) is 0. The quantitative estimate of drug-likeness (QED) is 0.640. The molecule has 0 unspecified atom stereocenters. The molecule has 0 aromatic carbocycles. The van der Waals surface area contributed by atoms with Gasteiger partial charge in [0.05, 0.1) is 0 Å². The van der Waals surface area contributed by atoms with Gasteiger partial charge >= 0.3 is 71.5 Å². The van der Waals surface area contributed by atoms with E-state index in [1.807, 2.05) is 0 Å². The summed E-state index contributed by atoms with van der Waals surface area (Å²) in [6.45, 7) is 9.43. The predicted octanol–water partition coefficient (Wildman–Crippen LogP) is 3.74. The van der Waals surface area contributed by atoms with Gasteiger partial charge in [-0.05, 0) is 0 Å². The van der Waals surface area contributed by atoms with Gasteiger partial charge in [0.1, 0.15) is 0 Å². The van der Waals surface area contributed by atoms with Crippen LogP contribution in [0.2, 0.25) is 15.6 Å². The van der Waals surface area contributed by atoms with E-state index in [1.54, 1.807) is 0 Å². The Morgan fingerprint density at radius 2 is 1.30 bits per heavy atom. The maximum absolute atomic E-state index is 2.38. The fraction of sp³-hybridized carbons (Fsp3) is 1.00. The van der Waals surface area contributed by atoms with E-state index in [4.69, 9.17) is 0 Å². The van der Waals surface area contributed by atoms with Crippen LogP contribution in [0, 0.1) is 0 Å². The summed E-state index contributed by atoms with van der Waals surface area (Å²) < 4.78 is 0. The Balaban J connectivity index is 3.87. The summed E-state index contributed by atoms with van der Waals surface area (Å²) in [6, 6.07) is 0. The van der Waals surface area contributed by atoms with Crippen LogP contribution in [0.4, 0.5) is 0 Å². The van der Waals surface area contributed by atoms with E-state index in [9.17, 15) is 0 Å². The van der Waals surface area contributed by atoms with Crippen LogP contribution in [0.1, 0.15) is 27.7 Å². The molecule has 0 atom stereocenters. The van der Waals surface area contributed by atoms with E-state index >= 15 is 0 Å². The topological polar surface area (TPSA) is 0 Å². The van der Waals surface area contributed by atoms with Gasteiger partial charge in [-0.15, -0.1) is 0 Å². The molecule has 0 aromatic rings. The molecule has 0 aromatic heterocycles. The summed E-state index contributed by atoms with van der Waals surface area (Å²) in [5, 5.41) is 4.47. The molecule has 0 aliphatic rings. The second-order valence-electron chi connectivity index (χ2n) is 2.42. The molecular formula is C8H20AsS+. The Morgan fingerprint density at radius 3 is 1.40 bits per heavy atom. The van der Waals surface area contributed by atoms with Gasteiger partial charge in [0, 0.05) is 0 Å². The van der Waals surface area contributed by atoms with E-state index in [0.29, 0.717) is 0 Å².